The van der Waals surface area contributed by atoms with E-state index < -0.39 is 0 Å². The van der Waals surface area contributed by atoms with Gasteiger partial charge in [-0.15, -0.1) is 0 Å². The number of hydrogen-bond acceptors (Lipinski definition) is 2. The molecule has 1 saturated carbocycles. The minimum Gasteiger partial charge on any atom is -0.350 e. The second-order valence-electron chi connectivity index (χ2n) is 6.39. The lowest BCUT2D eigenvalue weighted by atomic mass is 9.93. The lowest BCUT2D eigenvalue weighted by molar-refractivity contribution is -0.121. The van der Waals surface area contributed by atoms with Crippen molar-refractivity contribution >= 4 is 5.91 Å². The van der Waals surface area contributed by atoms with E-state index in [4.69, 9.17) is 0 Å². The van der Waals surface area contributed by atoms with Crippen molar-refractivity contribution in [3.8, 4) is 0 Å². The van der Waals surface area contributed by atoms with E-state index in [2.05, 4.69) is 24.5 Å². The van der Waals surface area contributed by atoms with Crippen LogP contribution in [0.15, 0.2) is 0 Å². The van der Waals surface area contributed by atoms with Crippen molar-refractivity contribution in [1.29, 1.82) is 0 Å². The van der Waals surface area contributed by atoms with Crippen LogP contribution >= 0.6 is 0 Å². The number of nitrogens with one attached hydrogen (secondary N) is 2. The average Bonchev–Trinajstić information content (AvgIpc) is 2.54. The summed E-state index contributed by atoms with van der Waals surface area (Å²) in [7, 11) is 0. The Labute approximate surface area is 106 Å². The van der Waals surface area contributed by atoms with Crippen LogP contribution in [0.25, 0.3) is 0 Å². The molecule has 17 heavy (non-hydrogen) atoms. The first-order valence-electron chi connectivity index (χ1n) is 6.88. The third-order valence-electron chi connectivity index (χ3n) is 3.79. The van der Waals surface area contributed by atoms with E-state index in [9.17, 15) is 4.79 Å². The van der Waals surface area contributed by atoms with Gasteiger partial charge < -0.3 is 10.6 Å². The van der Waals surface area contributed by atoms with E-state index >= 15 is 0 Å². The van der Waals surface area contributed by atoms with Gasteiger partial charge in [-0.3, -0.25) is 4.79 Å². The van der Waals surface area contributed by atoms with Gasteiger partial charge in [0.1, 0.15) is 0 Å². The smallest absolute Gasteiger partial charge is 0.234 e. The molecule has 3 atom stereocenters. The zero-order valence-corrected chi connectivity index (χ0v) is 12.0. The van der Waals surface area contributed by atoms with Crippen molar-refractivity contribution < 1.29 is 4.79 Å². The Morgan fingerprint density at radius 3 is 2.41 bits per heavy atom. The van der Waals surface area contributed by atoms with E-state index in [1.54, 1.807) is 0 Å². The van der Waals surface area contributed by atoms with Crippen molar-refractivity contribution in [3.05, 3.63) is 0 Å². The van der Waals surface area contributed by atoms with Gasteiger partial charge in [0.2, 0.25) is 5.91 Å². The van der Waals surface area contributed by atoms with Crippen LogP contribution in [0, 0.1) is 11.8 Å². The van der Waals surface area contributed by atoms with Gasteiger partial charge in [-0.05, 0) is 45.4 Å². The average molecular weight is 240 g/mol. The SMILES string of the molecule is CCC1CCC(NCC(=O)NC(C)(C)C)C1C. The second kappa shape index (κ2) is 5.85. The summed E-state index contributed by atoms with van der Waals surface area (Å²) < 4.78 is 0. The first-order chi connectivity index (χ1) is 7.83. The molecule has 2 N–H and O–H groups in total. The molecule has 0 aromatic carbocycles. The Hall–Kier alpha value is -0.570. The summed E-state index contributed by atoms with van der Waals surface area (Å²) in [6.07, 6.45) is 3.77. The molecule has 100 valence electrons. The minimum atomic E-state index is -0.133. The molecule has 1 amide bonds. The molecule has 0 spiro atoms. The van der Waals surface area contributed by atoms with Gasteiger partial charge in [0, 0.05) is 11.6 Å². The van der Waals surface area contributed by atoms with Crippen LogP contribution in [-0.2, 0) is 4.79 Å². The predicted molar refractivity (Wildman–Crippen MR) is 71.9 cm³/mol. The third kappa shape index (κ3) is 4.66. The summed E-state index contributed by atoms with van der Waals surface area (Å²) in [4.78, 5) is 11.7. The van der Waals surface area contributed by atoms with Crippen molar-refractivity contribution in [2.45, 2.75) is 65.5 Å². The third-order valence-corrected chi connectivity index (χ3v) is 3.79. The minimum absolute atomic E-state index is 0.102. The van der Waals surface area contributed by atoms with E-state index in [0.717, 1.165) is 5.92 Å². The Bertz CT molecular complexity index is 257. The van der Waals surface area contributed by atoms with Crippen LogP contribution in [0.2, 0.25) is 0 Å². The van der Waals surface area contributed by atoms with Crippen molar-refractivity contribution in [3.63, 3.8) is 0 Å². The zero-order chi connectivity index (χ0) is 13.1. The molecule has 1 fully saturated rings. The fourth-order valence-electron chi connectivity index (χ4n) is 2.80. The molecular weight excluding hydrogens is 212 g/mol. The summed E-state index contributed by atoms with van der Waals surface area (Å²) in [5, 5.41) is 6.39. The van der Waals surface area contributed by atoms with Gasteiger partial charge in [-0.1, -0.05) is 20.3 Å². The van der Waals surface area contributed by atoms with Crippen LogP contribution < -0.4 is 10.6 Å². The molecule has 3 heteroatoms. The highest BCUT2D eigenvalue weighted by atomic mass is 16.2. The maximum atomic E-state index is 11.7. The van der Waals surface area contributed by atoms with Crippen LogP contribution in [-0.4, -0.2) is 24.0 Å². The van der Waals surface area contributed by atoms with Gasteiger partial charge in [-0.25, -0.2) is 0 Å². The summed E-state index contributed by atoms with van der Waals surface area (Å²) in [6.45, 7) is 11.0. The molecule has 3 unspecified atom stereocenters. The molecule has 0 radical (unpaired) electrons. The van der Waals surface area contributed by atoms with Gasteiger partial charge in [0.15, 0.2) is 0 Å². The highest BCUT2D eigenvalue weighted by Crippen LogP contribution is 2.33. The quantitative estimate of drug-likeness (QED) is 0.792. The molecule has 0 aromatic heterocycles. The Balaban J connectivity index is 2.30. The molecule has 0 aromatic rings. The van der Waals surface area contributed by atoms with Crippen molar-refractivity contribution in [1.82, 2.24) is 10.6 Å². The molecular formula is C14H28N2O. The van der Waals surface area contributed by atoms with Gasteiger partial charge in [0.05, 0.1) is 6.54 Å². The highest BCUT2D eigenvalue weighted by molar-refractivity contribution is 5.78. The molecule has 1 rings (SSSR count). The Kier molecular flexibility index (Phi) is 4.99. The van der Waals surface area contributed by atoms with Crippen LogP contribution in [0.5, 0.6) is 0 Å². The predicted octanol–water partition coefficient (Wildman–Crippen LogP) is 2.32. The molecule has 3 nitrogen and oxygen atoms in total. The van der Waals surface area contributed by atoms with E-state index in [0.29, 0.717) is 18.5 Å². The monoisotopic (exact) mass is 240 g/mol. The normalized spacial score (nSPS) is 29.4. The molecule has 1 aliphatic carbocycles. The number of amides is 1. The molecule has 0 bridgehead atoms. The summed E-state index contributed by atoms with van der Waals surface area (Å²) >= 11 is 0. The number of carbonyl (C=O) groups excluding carboxylic acids is 1. The number of hydrogen-bond donors (Lipinski definition) is 2. The molecule has 1 aliphatic rings. The topological polar surface area (TPSA) is 41.1 Å². The van der Waals surface area contributed by atoms with E-state index in [1.165, 1.54) is 19.3 Å². The lowest BCUT2D eigenvalue weighted by Crippen LogP contribution is -2.47. The largest absolute Gasteiger partial charge is 0.350 e. The first-order valence-corrected chi connectivity index (χ1v) is 6.88. The Morgan fingerprint density at radius 1 is 1.29 bits per heavy atom. The van der Waals surface area contributed by atoms with Crippen molar-refractivity contribution in [2.75, 3.05) is 6.54 Å². The summed E-state index contributed by atoms with van der Waals surface area (Å²) in [5.41, 5.74) is -0.133. The van der Waals surface area contributed by atoms with Crippen LogP contribution in [0.1, 0.15) is 53.9 Å². The standard InChI is InChI=1S/C14H28N2O/c1-6-11-7-8-12(10(11)2)15-9-13(17)16-14(3,4)5/h10-12,15H,6-9H2,1-5H3,(H,16,17). The maximum Gasteiger partial charge on any atom is 0.234 e. The maximum absolute atomic E-state index is 11.7. The fourth-order valence-corrected chi connectivity index (χ4v) is 2.80. The van der Waals surface area contributed by atoms with Gasteiger partial charge in [-0.2, -0.15) is 0 Å². The molecule has 0 aliphatic heterocycles. The number of carbonyl (C=O) groups is 1. The lowest BCUT2D eigenvalue weighted by Gasteiger charge is -2.23. The zero-order valence-electron chi connectivity index (χ0n) is 12.0. The first kappa shape index (κ1) is 14.5. The van der Waals surface area contributed by atoms with E-state index in [-0.39, 0.29) is 11.4 Å². The van der Waals surface area contributed by atoms with Crippen LogP contribution in [0.3, 0.4) is 0 Å². The fraction of sp³-hybridized carbons (Fsp3) is 0.929. The van der Waals surface area contributed by atoms with Crippen molar-refractivity contribution in [2.24, 2.45) is 11.8 Å². The molecule has 0 heterocycles. The highest BCUT2D eigenvalue weighted by Gasteiger charge is 2.31. The van der Waals surface area contributed by atoms with Gasteiger partial charge in [0.25, 0.3) is 0 Å². The second-order valence-corrected chi connectivity index (χ2v) is 6.39. The molecule has 0 saturated heterocycles. The summed E-state index contributed by atoms with van der Waals surface area (Å²) in [6, 6.07) is 0.519. The van der Waals surface area contributed by atoms with Gasteiger partial charge >= 0.3 is 0 Å². The van der Waals surface area contributed by atoms with Crippen LogP contribution in [0.4, 0.5) is 0 Å². The Morgan fingerprint density at radius 2 is 1.94 bits per heavy atom. The van der Waals surface area contributed by atoms with E-state index in [1.807, 2.05) is 20.8 Å². The summed E-state index contributed by atoms with van der Waals surface area (Å²) in [5.74, 6) is 1.63. The number of rotatable bonds is 4.